The molecule has 0 bridgehead atoms. The topological polar surface area (TPSA) is 86.7 Å². The predicted octanol–water partition coefficient (Wildman–Crippen LogP) is 1.16. The molecule has 0 radical (unpaired) electrons. The Hall–Kier alpha value is -1.80. The lowest BCUT2D eigenvalue weighted by Gasteiger charge is -2.27. The number of carboxylic acids is 1. The number of carboxylic acid groups (broad SMARTS) is 1. The summed E-state index contributed by atoms with van der Waals surface area (Å²) in [5, 5.41) is 11.5. The first kappa shape index (κ1) is 18.2. The van der Waals surface area contributed by atoms with Crippen molar-refractivity contribution in [3.63, 3.8) is 0 Å². The van der Waals surface area contributed by atoms with E-state index in [4.69, 9.17) is 0 Å². The van der Waals surface area contributed by atoms with Crippen LogP contribution in [0.1, 0.15) is 33.1 Å². The molecule has 126 valence electrons. The summed E-state index contributed by atoms with van der Waals surface area (Å²) in [5.74, 6) is -3.66. The summed E-state index contributed by atoms with van der Waals surface area (Å²) in [4.78, 5) is 35.4. The minimum atomic E-state index is -4.53. The Bertz CT molecular complexity index is 467. The fourth-order valence-electron chi connectivity index (χ4n) is 2.41. The van der Waals surface area contributed by atoms with Gasteiger partial charge in [0.2, 0.25) is 11.8 Å². The highest BCUT2D eigenvalue weighted by molar-refractivity contribution is 5.92. The van der Waals surface area contributed by atoms with Gasteiger partial charge in [0.05, 0.1) is 5.92 Å². The standard InChI is InChI=1S/C13H19F3N2O4/c1-3-4-12(2,11(21)22)17-10(20)8-5-9(19)18(6-8)7-13(14,15)16/h8H,3-7H2,1-2H3,(H,17,20)(H,21,22). The van der Waals surface area contributed by atoms with Crippen molar-refractivity contribution in [3.8, 4) is 0 Å². The summed E-state index contributed by atoms with van der Waals surface area (Å²) in [6.45, 7) is 1.32. The summed E-state index contributed by atoms with van der Waals surface area (Å²) in [6, 6.07) is 0. The smallest absolute Gasteiger partial charge is 0.406 e. The number of aliphatic carboxylic acids is 1. The third-order valence-corrected chi connectivity index (χ3v) is 3.58. The average Bonchev–Trinajstić information content (AvgIpc) is 2.68. The number of rotatable bonds is 6. The van der Waals surface area contributed by atoms with Crippen LogP contribution in [-0.2, 0) is 14.4 Å². The van der Waals surface area contributed by atoms with Crippen LogP contribution in [0.2, 0.25) is 0 Å². The first-order valence-electron chi connectivity index (χ1n) is 6.88. The highest BCUT2D eigenvalue weighted by Crippen LogP contribution is 2.25. The third-order valence-electron chi connectivity index (χ3n) is 3.58. The van der Waals surface area contributed by atoms with Gasteiger partial charge >= 0.3 is 12.1 Å². The molecule has 0 saturated carbocycles. The number of amides is 2. The van der Waals surface area contributed by atoms with E-state index in [1.54, 1.807) is 6.92 Å². The number of hydrogen-bond donors (Lipinski definition) is 2. The molecule has 2 atom stereocenters. The molecule has 1 saturated heterocycles. The number of carbonyl (C=O) groups excluding carboxylic acids is 2. The van der Waals surface area contributed by atoms with E-state index in [0.29, 0.717) is 11.3 Å². The average molecular weight is 324 g/mol. The fraction of sp³-hybridized carbons (Fsp3) is 0.769. The third kappa shape index (κ3) is 4.60. The van der Waals surface area contributed by atoms with Crippen molar-refractivity contribution >= 4 is 17.8 Å². The predicted molar refractivity (Wildman–Crippen MR) is 69.8 cm³/mol. The second-order valence-corrected chi connectivity index (χ2v) is 5.67. The maximum Gasteiger partial charge on any atom is 0.406 e. The maximum atomic E-state index is 12.3. The minimum absolute atomic E-state index is 0.182. The molecule has 2 unspecified atom stereocenters. The van der Waals surface area contributed by atoms with Crippen molar-refractivity contribution in [2.75, 3.05) is 13.1 Å². The van der Waals surface area contributed by atoms with E-state index in [1.165, 1.54) is 6.92 Å². The highest BCUT2D eigenvalue weighted by atomic mass is 19.4. The van der Waals surface area contributed by atoms with Crippen LogP contribution in [-0.4, -0.2) is 52.6 Å². The second kappa shape index (κ2) is 6.53. The molecular formula is C13H19F3N2O4. The van der Waals surface area contributed by atoms with Crippen molar-refractivity contribution in [2.45, 2.75) is 44.8 Å². The van der Waals surface area contributed by atoms with E-state index in [9.17, 15) is 32.7 Å². The van der Waals surface area contributed by atoms with Gasteiger partial charge in [0.1, 0.15) is 12.1 Å². The Balaban J connectivity index is 2.71. The summed E-state index contributed by atoms with van der Waals surface area (Å²) in [5.41, 5.74) is -1.49. The molecule has 22 heavy (non-hydrogen) atoms. The Morgan fingerprint density at radius 1 is 1.41 bits per heavy atom. The van der Waals surface area contributed by atoms with Crippen LogP contribution in [0.25, 0.3) is 0 Å². The molecule has 9 heteroatoms. The van der Waals surface area contributed by atoms with E-state index >= 15 is 0 Å². The van der Waals surface area contributed by atoms with E-state index in [2.05, 4.69) is 5.32 Å². The number of nitrogens with zero attached hydrogens (tertiary/aromatic N) is 1. The molecule has 1 aliphatic rings. The molecule has 0 spiro atoms. The lowest BCUT2D eigenvalue weighted by molar-refractivity contribution is -0.157. The van der Waals surface area contributed by atoms with E-state index in [0.717, 1.165) is 0 Å². The summed E-state index contributed by atoms with van der Waals surface area (Å²) in [6.07, 6.45) is -4.18. The normalized spacial score (nSPS) is 21.6. The maximum absolute atomic E-state index is 12.3. The second-order valence-electron chi connectivity index (χ2n) is 5.67. The minimum Gasteiger partial charge on any atom is -0.480 e. The molecule has 0 aromatic rings. The van der Waals surface area contributed by atoms with Gasteiger partial charge in [-0.25, -0.2) is 4.79 Å². The summed E-state index contributed by atoms with van der Waals surface area (Å²) < 4.78 is 36.9. The number of likely N-dealkylation sites (tertiary alicyclic amines) is 1. The van der Waals surface area contributed by atoms with Crippen molar-refractivity contribution in [3.05, 3.63) is 0 Å². The molecule has 1 heterocycles. The van der Waals surface area contributed by atoms with Gasteiger partial charge in [-0.1, -0.05) is 13.3 Å². The summed E-state index contributed by atoms with van der Waals surface area (Å²) >= 11 is 0. The van der Waals surface area contributed by atoms with Gasteiger partial charge in [-0.3, -0.25) is 9.59 Å². The quantitative estimate of drug-likeness (QED) is 0.767. The number of carbonyl (C=O) groups is 3. The monoisotopic (exact) mass is 324 g/mol. The van der Waals surface area contributed by atoms with Crippen molar-refractivity contribution in [1.29, 1.82) is 0 Å². The first-order valence-corrected chi connectivity index (χ1v) is 6.88. The lowest BCUT2D eigenvalue weighted by Crippen LogP contribution is -2.54. The first-order chi connectivity index (χ1) is 9.98. The Kier molecular flexibility index (Phi) is 5.42. The largest absolute Gasteiger partial charge is 0.480 e. The number of nitrogens with one attached hydrogen (secondary N) is 1. The zero-order chi connectivity index (χ0) is 17.1. The number of hydrogen-bond acceptors (Lipinski definition) is 3. The van der Waals surface area contributed by atoms with Crippen molar-refractivity contribution in [1.82, 2.24) is 10.2 Å². The van der Waals surface area contributed by atoms with Gasteiger partial charge in [-0.05, 0) is 13.3 Å². The van der Waals surface area contributed by atoms with Crippen LogP contribution in [0, 0.1) is 5.92 Å². The van der Waals surface area contributed by atoms with Crippen molar-refractivity contribution < 1.29 is 32.7 Å². The van der Waals surface area contributed by atoms with Crippen LogP contribution in [0.15, 0.2) is 0 Å². The molecule has 1 rings (SSSR count). The van der Waals surface area contributed by atoms with Gasteiger partial charge in [0, 0.05) is 13.0 Å². The number of alkyl halides is 3. The zero-order valence-corrected chi connectivity index (χ0v) is 12.4. The van der Waals surface area contributed by atoms with Gasteiger partial charge in [-0.2, -0.15) is 13.2 Å². The Morgan fingerprint density at radius 3 is 2.45 bits per heavy atom. The Labute approximate surface area is 125 Å². The molecule has 2 N–H and O–H groups in total. The lowest BCUT2D eigenvalue weighted by atomic mass is 9.95. The van der Waals surface area contributed by atoms with E-state index in [1.807, 2.05) is 0 Å². The molecule has 0 aromatic heterocycles. The van der Waals surface area contributed by atoms with Crippen LogP contribution < -0.4 is 5.32 Å². The molecule has 1 aliphatic heterocycles. The van der Waals surface area contributed by atoms with Gasteiger partial charge in [0.15, 0.2) is 0 Å². The van der Waals surface area contributed by atoms with Crippen LogP contribution in [0.3, 0.4) is 0 Å². The number of halogens is 3. The molecule has 1 fully saturated rings. The van der Waals surface area contributed by atoms with Gasteiger partial charge in [0.25, 0.3) is 0 Å². The Morgan fingerprint density at radius 2 is 2.00 bits per heavy atom. The van der Waals surface area contributed by atoms with Crippen LogP contribution >= 0.6 is 0 Å². The van der Waals surface area contributed by atoms with Crippen molar-refractivity contribution in [2.24, 2.45) is 5.92 Å². The molecule has 0 aromatic carbocycles. The van der Waals surface area contributed by atoms with Crippen LogP contribution in [0.5, 0.6) is 0 Å². The molecule has 6 nitrogen and oxygen atoms in total. The summed E-state index contributed by atoms with van der Waals surface area (Å²) in [7, 11) is 0. The van der Waals surface area contributed by atoms with Gasteiger partial charge < -0.3 is 15.3 Å². The zero-order valence-electron chi connectivity index (χ0n) is 12.4. The fourth-order valence-corrected chi connectivity index (χ4v) is 2.41. The van der Waals surface area contributed by atoms with E-state index < -0.39 is 42.0 Å². The van der Waals surface area contributed by atoms with E-state index in [-0.39, 0.29) is 19.4 Å². The molecule has 2 amide bonds. The van der Waals surface area contributed by atoms with Crippen LogP contribution in [0.4, 0.5) is 13.2 Å². The molecule has 0 aliphatic carbocycles. The molecular weight excluding hydrogens is 305 g/mol. The highest BCUT2D eigenvalue weighted by Gasteiger charge is 2.43. The van der Waals surface area contributed by atoms with Gasteiger partial charge in [-0.15, -0.1) is 0 Å². The SMILES string of the molecule is CCCC(C)(NC(=O)C1CC(=O)N(CC(F)(F)F)C1)C(=O)O.